The van der Waals surface area contributed by atoms with Gasteiger partial charge in [-0.25, -0.2) is 0 Å². The number of benzene rings is 1. The van der Waals surface area contributed by atoms with E-state index in [0.717, 1.165) is 16.6 Å². The normalized spacial score (nSPS) is 12.4. The first-order valence-electron chi connectivity index (χ1n) is 6.36. The minimum atomic E-state index is 0.311. The van der Waals surface area contributed by atoms with Crippen LogP contribution in [0, 0.1) is 0 Å². The molecule has 1 N–H and O–H groups in total. The van der Waals surface area contributed by atoms with Crippen molar-refractivity contribution in [2.24, 2.45) is 0 Å². The summed E-state index contributed by atoms with van der Waals surface area (Å²) in [5.74, 6) is 0.938. The van der Waals surface area contributed by atoms with Crippen LogP contribution in [0.5, 0.6) is 5.75 Å². The van der Waals surface area contributed by atoms with E-state index in [9.17, 15) is 0 Å². The molecule has 0 amide bonds. The first-order valence-corrected chi connectivity index (χ1v) is 8.03. The lowest BCUT2D eigenvalue weighted by atomic mass is 10.0. The summed E-state index contributed by atoms with van der Waals surface area (Å²) in [6.07, 6.45) is 0.988. The highest BCUT2D eigenvalue weighted by atomic mass is 79.9. The van der Waals surface area contributed by atoms with Crippen LogP contribution in [0.1, 0.15) is 23.4 Å². The molecule has 1 atom stereocenters. The molecular weight excluding hydrogens is 322 g/mol. The Balaban J connectivity index is 2.14. The molecule has 4 heteroatoms. The third-order valence-electron chi connectivity index (χ3n) is 2.95. The lowest BCUT2D eigenvalue weighted by Crippen LogP contribution is -2.18. The summed E-state index contributed by atoms with van der Waals surface area (Å²) in [5.41, 5.74) is 1.26. The number of hydrogen-bond donors (Lipinski definition) is 1. The molecule has 1 heterocycles. The smallest absolute Gasteiger partial charge is 0.119 e. The van der Waals surface area contributed by atoms with Crippen molar-refractivity contribution in [1.29, 1.82) is 0 Å². The summed E-state index contributed by atoms with van der Waals surface area (Å²) >= 11 is 5.29. The van der Waals surface area contributed by atoms with E-state index in [1.807, 2.05) is 20.0 Å². The fourth-order valence-corrected chi connectivity index (χ4v) is 3.53. The van der Waals surface area contributed by atoms with Gasteiger partial charge in [0.05, 0.1) is 6.61 Å². The zero-order chi connectivity index (χ0) is 13.7. The minimum absolute atomic E-state index is 0.311. The van der Waals surface area contributed by atoms with Crippen LogP contribution in [0.25, 0.3) is 0 Å². The van der Waals surface area contributed by atoms with Gasteiger partial charge in [0.2, 0.25) is 0 Å². The van der Waals surface area contributed by atoms with Gasteiger partial charge in [-0.05, 0) is 53.7 Å². The molecule has 0 saturated heterocycles. The Kier molecular flexibility index (Phi) is 5.43. The Labute approximate surface area is 126 Å². The van der Waals surface area contributed by atoms with E-state index in [-0.39, 0.29) is 0 Å². The van der Waals surface area contributed by atoms with Crippen molar-refractivity contribution in [2.75, 3.05) is 13.7 Å². The van der Waals surface area contributed by atoms with Crippen LogP contribution in [0.3, 0.4) is 0 Å². The number of nitrogens with one attached hydrogen (secondary N) is 1. The summed E-state index contributed by atoms with van der Waals surface area (Å²) in [6, 6.07) is 10.8. The van der Waals surface area contributed by atoms with Crippen molar-refractivity contribution < 1.29 is 4.74 Å². The van der Waals surface area contributed by atoms with Gasteiger partial charge in [-0.1, -0.05) is 12.1 Å². The van der Waals surface area contributed by atoms with Crippen LogP contribution in [0.4, 0.5) is 0 Å². The molecule has 102 valence electrons. The Hall–Kier alpha value is -0.840. The second-order valence-electron chi connectivity index (χ2n) is 4.28. The fraction of sp³-hybridized carbons (Fsp3) is 0.333. The molecule has 2 aromatic rings. The quantitative estimate of drug-likeness (QED) is 0.841. The topological polar surface area (TPSA) is 21.3 Å². The van der Waals surface area contributed by atoms with Gasteiger partial charge in [0.15, 0.2) is 0 Å². The molecule has 0 fully saturated rings. The Morgan fingerprint density at radius 3 is 2.84 bits per heavy atom. The molecule has 0 bridgehead atoms. The van der Waals surface area contributed by atoms with Crippen molar-refractivity contribution in [1.82, 2.24) is 5.32 Å². The van der Waals surface area contributed by atoms with Crippen LogP contribution < -0.4 is 10.1 Å². The maximum Gasteiger partial charge on any atom is 0.119 e. The molecule has 0 radical (unpaired) electrons. The van der Waals surface area contributed by atoms with Crippen LogP contribution in [0.2, 0.25) is 0 Å². The molecule has 1 aromatic carbocycles. The zero-order valence-corrected chi connectivity index (χ0v) is 13.6. The number of ether oxygens (including phenoxy) is 1. The summed E-state index contributed by atoms with van der Waals surface area (Å²) in [6.45, 7) is 2.71. The van der Waals surface area contributed by atoms with Crippen LogP contribution in [-0.2, 0) is 6.42 Å². The van der Waals surface area contributed by atoms with Gasteiger partial charge in [-0.15, -0.1) is 11.3 Å². The van der Waals surface area contributed by atoms with Crippen molar-refractivity contribution in [3.05, 3.63) is 50.6 Å². The Morgan fingerprint density at radius 1 is 1.37 bits per heavy atom. The van der Waals surface area contributed by atoms with E-state index in [1.165, 1.54) is 10.4 Å². The molecule has 0 aliphatic rings. The predicted molar refractivity (Wildman–Crippen MR) is 85.1 cm³/mol. The first-order chi connectivity index (χ1) is 9.22. The van der Waals surface area contributed by atoms with Gasteiger partial charge >= 0.3 is 0 Å². The highest BCUT2D eigenvalue weighted by Crippen LogP contribution is 2.27. The number of hydrogen-bond acceptors (Lipinski definition) is 3. The van der Waals surface area contributed by atoms with Gasteiger partial charge in [0.1, 0.15) is 5.75 Å². The molecule has 0 saturated carbocycles. The second-order valence-corrected chi connectivity index (χ2v) is 6.19. The molecule has 0 aliphatic heterocycles. The molecule has 0 aliphatic carbocycles. The van der Waals surface area contributed by atoms with Gasteiger partial charge in [-0.2, -0.15) is 0 Å². The standard InChI is InChI=1S/C15H18BrNOS/c1-3-18-13-6-4-5-11(7-13)15(17-2)9-14-8-12(16)10-19-14/h4-8,10,15,17H,3,9H2,1-2H3. The molecule has 2 nitrogen and oxygen atoms in total. The average Bonchev–Trinajstić information content (AvgIpc) is 2.82. The molecular formula is C15H18BrNOS. The third-order valence-corrected chi connectivity index (χ3v) is 4.67. The van der Waals surface area contributed by atoms with Crippen molar-refractivity contribution >= 4 is 27.3 Å². The second kappa shape index (κ2) is 7.08. The van der Waals surface area contributed by atoms with E-state index in [0.29, 0.717) is 12.6 Å². The minimum Gasteiger partial charge on any atom is -0.494 e. The van der Waals surface area contributed by atoms with Gasteiger partial charge in [0.25, 0.3) is 0 Å². The molecule has 19 heavy (non-hydrogen) atoms. The largest absolute Gasteiger partial charge is 0.494 e. The lowest BCUT2D eigenvalue weighted by molar-refractivity contribution is 0.339. The van der Waals surface area contributed by atoms with Crippen LogP contribution >= 0.6 is 27.3 Å². The van der Waals surface area contributed by atoms with Gasteiger partial charge in [0, 0.05) is 27.2 Å². The van der Waals surface area contributed by atoms with Gasteiger partial charge < -0.3 is 10.1 Å². The van der Waals surface area contributed by atoms with Gasteiger partial charge in [-0.3, -0.25) is 0 Å². The van der Waals surface area contributed by atoms with E-state index in [2.05, 4.69) is 50.9 Å². The highest BCUT2D eigenvalue weighted by molar-refractivity contribution is 9.10. The first kappa shape index (κ1) is 14.6. The van der Waals surface area contributed by atoms with E-state index < -0.39 is 0 Å². The maximum atomic E-state index is 5.56. The molecule has 1 aromatic heterocycles. The SMILES string of the molecule is CCOc1cccc(C(Cc2cc(Br)cs2)NC)c1. The van der Waals surface area contributed by atoms with E-state index in [4.69, 9.17) is 4.74 Å². The van der Waals surface area contributed by atoms with Crippen molar-refractivity contribution in [2.45, 2.75) is 19.4 Å². The van der Waals surface area contributed by atoms with E-state index >= 15 is 0 Å². The number of thiophene rings is 1. The average molecular weight is 340 g/mol. The van der Waals surface area contributed by atoms with Crippen LogP contribution in [0.15, 0.2) is 40.2 Å². The van der Waals surface area contributed by atoms with E-state index in [1.54, 1.807) is 11.3 Å². The number of likely N-dealkylation sites (N-methyl/N-ethyl adjacent to an activating group) is 1. The molecule has 2 rings (SSSR count). The summed E-state index contributed by atoms with van der Waals surface area (Å²) in [4.78, 5) is 1.37. The Morgan fingerprint density at radius 2 is 2.21 bits per heavy atom. The predicted octanol–water partition coefficient (Wildman–Crippen LogP) is 4.41. The summed E-state index contributed by atoms with van der Waals surface area (Å²) < 4.78 is 6.72. The fourth-order valence-electron chi connectivity index (χ4n) is 2.04. The lowest BCUT2D eigenvalue weighted by Gasteiger charge is -2.16. The molecule has 0 spiro atoms. The van der Waals surface area contributed by atoms with Crippen molar-refractivity contribution in [3.63, 3.8) is 0 Å². The zero-order valence-electron chi connectivity index (χ0n) is 11.2. The number of halogens is 1. The highest BCUT2D eigenvalue weighted by Gasteiger charge is 2.12. The van der Waals surface area contributed by atoms with Crippen LogP contribution in [-0.4, -0.2) is 13.7 Å². The third kappa shape index (κ3) is 4.06. The maximum absolute atomic E-state index is 5.56. The monoisotopic (exact) mass is 339 g/mol. The molecule has 1 unspecified atom stereocenters. The number of rotatable bonds is 6. The summed E-state index contributed by atoms with van der Waals surface area (Å²) in [5, 5.41) is 5.50. The van der Waals surface area contributed by atoms with Crippen molar-refractivity contribution in [3.8, 4) is 5.75 Å². The Bertz CT molecular complexity index is 526. The summed E-state index contributed by atoms with van der Waals surface area (Å²) in [7, 11) is 2.00.